The molecule has 4 aromatic rings. The lowest BCUT2D eigenvalue weighted by atomic mass is 10.1. The third-order valence-electron chi connectivity index (χ3n) is 6.15. The summed E-state index contributed by atoms with van der Waals surface area (Å²) in [5.74, 6) is 0.349. The molecule has 1 amide bonds. The third-order valence-corrected chi connectivity index (χ3v) is 8.38. The summed E-state index contributed by atoms with van der Waals surface area (Å²) in [6.45, 7) is 2.10. The third kappa shape index (κ3) is 4.72. The molecule has 1 aliphatic rings. The number of esters is 1. The van der Waals surface area contributed by atoms with Crippen LogP contribution in [-0.4, -0.2) is 44.0 Å². The Morgan fingerprint density at radius 2 is 2.03 bits per heavy atom. The molecule has 3 aromatic heterocycles. The van der Waals surface area contributed by atoms with Crippen molar-refractivity contribution in [2.24, 2.45) is 7.05 Å². The zero-order valence-corrected chi connectivity index (χ0v) is 21.4. The van der Waals surface area contributed by atoms with Crippen LogP contribution in [0.2, 0.25) is 0 Å². The summed E-state index contributed by atoms with van der Waals surface area (Å²) in [6, 6.07) is 8.03. The number of H-pyrrole nitrogens is 1. The molecule has 2 N–H and O–H groups in total. The van der Waals surface area contributed by atoms with Gasteiger partial charge in [-0.3, -0.25) is 4.79 Å². The Labute approximate surface area is 211 Å². The monoisotopic (exact) mass is 509 g/mol. The maximum absolute atomic E-state index is 12.9. The quantitative estimate of drug-likeness (QED) is 0.202. The van der Waals surface area contributed by atoms with E-state index >= 15 is 0 Å². The molecule has 35 heavy (non-hydrogen) atoms. The molecule has 0 atom stereocenters. The smallest absolute Gasteiger partial charge is 0.341 e. The molecular formula is C25H27N5O3S2. The van der Waals surface area contributed by atoms with Gasteiger partial charge in [-0.15, -0.1) is 21.5 Å². The van der Waals surface area contributed by atoms with Crippen LogP contribution in [0.3, 0.4) is 0 Å². The van der Waals surface area contributed by atoms with Gasteiger partial charge in [-0.25, -0.2) is 4.79 Å². The number of benzene rings is 1. The molecular weight excluding hydrogens is 482 g/mol. The van der Waals surface area contributed by atoms with Crippen LogP contribution in [0.1, 0.15) is 47.0 Å². The Bertz CT molecular complexity index is 1390. The SMILES string of the molecule is CCOC(=O)c1c(NC(=O)CSc2nnc(-c3c[nH]c4ccccc34)n2C)sc2c1CCCCC2. The number of aryl methyl sites for hydroxylation is 1. The van der Waals surface area contributed by atoms with E-state index in [9.17, 15) is 9.59 Å². The summed E-state index contributed by atoms with van der Waals surface area (Å²) >= 11 is 2.82. The number of thiophene rings is 1. The summed E-state index contributed by atoms with van der Waals surface area (Å²) in [5.41, 5.74) is 3.58. The molecule has 8 nitrogen and oxygen atoms in total. The van der Waals surface area contributed by atoms with Crippen molar-refractivity contribution in [3.05, 3.63) is 46.5 Å². The Balaban J connectivity index is 1.31. The minimum absolute atomic E-state index is 0.157. The molecule has 0 fully saturated rings. The number of amides is 1. The Hall–Kier alpha value is -3.11. The first-order valence-electron chi connectivity index (χ1n) is 11.8. The van der Waals surface area contributed by atoms with Gasteiger partial charge in [0.2, 0.25) is 5.91 Å². The zero-order valence-electron chi connectivity index (χ0n) is 19.7. The molecule has 0 unspecified atom stereocenters. The van der Waals surface area contributed by atoms with Crippen molar-refractivity contribution in [2.75, 3.05) is 17.7 Å². The van der Waals surface area contributed by atoms with Crippen LogP contribution in [0, 0.1) is 0 Å². The number of fused-ring (bicyclic) bond motifs is 2. The number of hydrogen-bond donors (Lipinski definition) is 2. The van der Waals surface area contributed by atoms with E-state index in [-0.39, 0.29) is 17.6 Å². The highest BCUT2D eigenvalue weighted by atomic mass is 32.2. The van der Waals surface area contributed by atoms with Gasteiger partial charge < -0.3 is 19.6 Å². The normalized spacial score (nSPS) is 13.4. The van der Waals surface area contributed by atoms with Crippen molar-refractivity contribution in [1.82, 2.24) is 19.7 Å². The maximum Gasteiger partial charge on any atom is 0.341 e. The molecule has 0 aliphatic heterocycles. The second-order valence-electron chi connectivity index (χ2n) is 8.44. The average Bonchev–Trinajstić information content (AvgIpc) is 3.48. The molecule has 0 spiro atoms. The Morgan fingerprint density at radius 1 is 1.20 bits per heavy atom. The minimum Gasteiger partial charge on any atom is -0.462 e. The van der Waals surface area contributed by atoms with E-state index in [2.05, 4.69) is 20.5 Å². The predicted octanol–water partition coefficient (Wildman–Crippen LogP) is 5.20. The summed E-state index contributed by atoms with van der Waals surface area (Å²) in [6.07, 6.45) is 7.01. The second-order valence-corrected chi connectivity index (χ2v) is 10.5. The predicted molar refractivity (Wildman–Crippen MR) is 139 cm³/mol. The van der Waals surface area contributed by atoms with Crippen LogP contribution in [-0.2, 0) is 29.4 Å². The van der Waals surface area contributed by atoms with Crippen LogP contribution >= 0.6 is 23.1 Å². The fraction of sp³-hybridized carbons (Fsp3) is 0.360. The summed E-state index contributed by atoms with van der Waals surface area (Å²) < 4.78 is 7.21. The van der Waals surface area contributed by atoms with Gasteiger partial charge in [-0.05, 0) is 44.2 Å². The van der Waals surface area contributed by atoms with Crippen molar-refractivity contribution in [1.29, 1.82) is 0 Å². The van der Waals surface area contributed by atoms with E-state index in [0.717, 1.165) is 60.0 Å². The van der Waals surface area contributed by atoms with Gasteiger partial charge in [0, 0.05) is 34.6 Å². The van der Waals surface area contributed by atoms with Crippen molar-refractivity contribution >= 4 is 50.9 Å². The lowest BCUT2D eigenvalue weighted by Crippen LogP contribution is -2.17. The number of nitrogens with zero attached hydrogens (tertiary/aromatic N) is 3. The van der Waals surface area contributed by atoms with Crippen LogP contribution in [0.4, 0.5) is 5.00 Å². The topological polar surface area (TPSA) is 102 Å². The first kappa shape index (κ1) is 23.6. The fourth-order valence-electron chi connectivity index (χ4n) is 4.47. The van der Waals surface area contributed by atoms with Gasteiger partial charge in [-0.2, -0.15) is 0 Å². The molecule has 1 aliphatic carbocycles. The maximum atomic E-state index is 12.9. The van der Waals surface area contributed by atoms with E-state index < -0.39 is 0 Å². The Morgan fingerprint density at radius 3 is 2.89 bits per heavy atom. The lowest BCUT2D eigenvalue weighted by molar-refractivity contribution is -0.113. The van der Waals surface area contributed by atoms with Crippen molar-refractivity contribution in [3.63, 3.8) is 0 Å². The highest BCUT2D eigenvalue weighted by Gasteiger charge is 2.27. The van der Waals surface area contributed by atoms with E-state index in [1.807, 2.05) is 42.1 Å². The fourth-order valence-corrected chi connectivity index (χ4v) is 6.48. The van der Waals surface area contributed by atoms with Gasteiger partial charge in [0.15, 0.2) is 11.0 Å². The van der Waals surface area contributed by atoms with Crippen molar-refractivity contribution < 1.29 is 14.3 Å². The molecule has 1 aromatic carbocycles. The number of rotatable bonds is 7. The molecule has 5 rings (SSSR count). The van der Waals surface area contributed by atoms with E-state index in [1.54, 1.807) is 6.92 Å². The number of anilines is 1. The molecule has 3 heterocycles. The van der Waals surface area contributed by atoms with E-state index in [1.165, 1.54) is 28.0 Å². The summed E-state index contributed by atoms with van der Waals surface area (Å²) in [7, 11) is 1.90. The second kappa shape index (κ2) is 10.2. The van der Waals surface area contributed by atoms with Gasteiger partial charge in [0.1, 0.15) is 5.00 Å². The van der Waals surface area contributed by atoms with Gasteiger partial charge in [0.05, 0.1) is 17.9 Å². The molecule has 0 saturated heterocycles. The van der Waals surface area contributed by atoms with Crippen molar-refractivity contribution in [3.8, 4) is 11.4 Å². The van der Waals surface area contributed by atoms with Gasteiger partial charge in [0.25, 0.3) is 0 Å². The number of para-hydroxylation sites is 1. The first-order valence-corrected chi connectivity index (χ1v) is 13.6. The zero-order chi connectivity index (χ0) is 24.4. The molecule has 182 valence electrons. The summed E-state index contributed by atoms with van der Waals surface area (Å²) in [5, 5.41) is 13.9. The van der Waals surface area contributed by atoms with Crippen molar-refractivity contribution in [2.45, 2.75) is 44.2 Å². The standard InChI is InChI=1S/C25H27N5O3S2/c1-3-33-24(32)21-16-10-5-4-6-12-19(16)35-23(21)27-20(31)14-34-25-29-28-22(30(25)2)17-13-26-18-11-8-7-9-15(17)18/h7-9,11,13,26H,3-6,10,12,14H2,1-2H3,(H,27,31). The largest absolute Gasteiger partial charge is 0.462 e. The summed E-state index contributed by atoms with van der Waals surface area (Å²) in [4.78, 5) is 30.1. The number of nitrogens with one attached hydrogen (secondary N) is 2. The minimum atomic E-state index is -0.355. The highest BCUT2D eigenvalue weighted by molar-refractivity contribution is 7.99. The van der Waals surface area contributed by atoms with Gasteiger partial charge in [-0.1, -0.05) is 36.4 Å². The number of carbonyl (C=O) groups excluding carboxylic acids is 2. The number of hydrogen-bond acceptors (Lipinski definition) is 7. The number of carbonyl (C=O) groups is 2. The van der Waals surface area contributed by atoms with E-state index in [0.29, 0.717) is 22.3 Å². The molecule has 0 bridgehead atoms. The number of aromatic amines is 1. The average molecular weight is 510 g/mol. The molecule has 0 radical (unpaired) electrons. The van der Waals surface area contributed by atoms with Crippen LogP contribution in [0.5, 0.6) is 0 Å². The Kier molecular flexibility index (Phi) is 6.92. The molecule has 10 heteroatoms. The van der Waals surface area contributed by atoms with Crippen LogP contribution in [0.25, 0.3) is 22.3 Å². The highest BCUT2D eigenvalue weighted by Crippen LogP contribution is 2.38. The van der Waals surface area contributed by atoms with Crippen LogP contribution in [0.15, 0.2) is 35.6 Å². The number of thioether (sulfide) groups is 1. The van der Waals surface area contributed by atoms with Crippen LogP contribution < -0.4 is 5.32 Å². The molecule has 0 saturated carbocycles. The number of ether oxygens (including phenoxy) is 1. The first-order chi connectivity index (χ1) is 17.1. The van der Waals surface area contributed by atoms with Gasteiger partial charge >= 0.3 is 5.97 Å². The lowest BCUT2D eigenvalue weighted by Gasteiger charge is -2.08. The number of aromatic nitrogens is 4. The van der Waals surface area contributed by atoms with E-state index in [4.69, 9.17) is 4.74 Å².